The van der Waals surface area contributed by atoms with Gasteiger partial charge in [0.15, 0.2) is 12.7 Å². The molecule has 0 saturated carbocycles. The topological polar surface area (TPSA) is 42.2 Å². The highest BCUT2D eigenvalue weighted by Gasteiger charge is 2.20. The Bertz CT molecular complexity index is 1170. The molecule has 4 nitrogen and oxygen atoms in total. The molecule has 244 valence electrons. The molecule has 2 aromatic carbocycles. The van der Waals surface area contributed by atoms with Crippen molar-refractivity contribution in [2.75, 3.05) is 11.9 Å². The Morgan fingerprint density at radius 2 is 1.36 bits per heavy atom. The number of nitrogens with zero attached hydrogens (tertiary/aromatic N) is 1. The SMILES string of the molecule is CCCCCCCCCCCCCCCCOc1cc(CC(=O)Nc2ccc(C[n+]3ccsc3)cc2)ccc1C(C)(C)C.[Br-]. The Morgan fingerprint density at radius 1 is 0.795 bits per heavy atom. The number of nitrogens with one attached hydrogen (secondary N) is 1. The van der Waals surface area contributed by atoms with E-state index in [-0.39, 0.29) is 28.3 Å². The number of carbonyl (C=O) groups is 1. The summed E-state index contributed by atoms with van der Waals surface area (Å²) in [5, 5.41) is 5.13. The van der Waals surface area contributed by atoms with Gasteiger partial charge in [0.2, 0.25) is 11.4 Å². The maximum atomic E-state index is 12.9. The van der Waals surface area contributed by atoms with Gasteiger partial charge < -0.3 is 27.0 Å². The number of benzene rings is 2. The van der Waals surface area contributed by atoms with Crippen LogP contribution in [0.3, 0.4) is 0 Å². The first kappa shape index (κ1) is 38.0. The van der Waals surface area contributed by atoms with Gasteiger partial charge in [0, 0.05) is 11.3 Å². The molecule has 1 amide bonds. The number of carbonyl (C=O) groups excluding carboxylic acids is 1. The summed E-state index contributed by atoms with van der Waals surface area (Å²) in [5.41, 5.74) is 6.28. The zero-order valence-corrected chi connectivity index (χ0v) is 30.2. The van der Waals surface area contributed by atoms with E-state index >= 15 is 0 Å². The Hall–Kier alpha value is -2.18. The number of aromatic nitrogens is 1. The quantitative estimate of drug-likeness (QED) is 0.0937. The molecule has 0 fully saturated rings. The number of hydrogen-bond acceptors (Lipinski definition) is 3. The van der Waals surface area contributed by atoms with Gasteiger partial charge in [-0.1, -0.05) is 147 Å². The summed E-state index contributed by atoms with van der Waals surface area (Å²) in [4.78, 5) is 12.9. The molecular formula is C38H57BrN2O2S. The molecule has 3 aromatic rings. The fraction of sp³-hybridized carbons (Fsp3) is 0.579. The first-order valence-corrected chi connectivity index (χ1v) is 17.9. The molecule has 0 atom stereocenters. The molecule has 44 heavy (non-hydrogen) atoms. The second-order valence-electron chi connectivity index (χ2n) is 13.1. The molecule has 1 N–H and O–H groups in total. The molecule has 0 unspecified atom stereocenters. The lowest BCUT2D eigenvalue weighted by molar-refractivity contribution is -0.683. The number of amides is 1. The van der Waals surface area contributed by atoms with Gasteiger partial charge in [-0.15, -0.1) is 0 Å². The molecule has 6 heteroatoms. The molecule has 0 aliphatic carbocycles. The summed E-state index contributed by atoms with van der Waals surface area (Å²) >= 11 is 1.68. The minimum atomic E-state index is -0.0192. The van der Waals surface area contributed by atoms with Crippen LogP contribution in [-0.4, -0.2) is 12.5 Å². The monoisotopic (exact) mass is 684 g/mol. The van der Waals surface area contributed by atoms with Gasteiger partial charge in [-0.05, 0) is 41.2 Å². The number of rotatable bonds is 21. The van der Waals surface area contributed by atoms with Crippen molar-refractivity contribution in [2.24, 2.45) is 0 Å². The number of thiazole rings is 1. The van der Waals surface area contributed by atoms with Crippen LogP contribution in [0, 0.1) is 0 Å². The van der Waals surface area contributed by atoms with Crippen LogP contribution in [0.25, 0.3) is 0 Å². The van der Waals surface area contributed by atoms with Gasteiger partial charge in [0.05, 0.1) is 18.4 Å². The van der Waals surface area contributed by atoms with Crippen LogP contribution in [0.15, 0.2) is 59.6 Å². The van der Waals surface area contributed by atoms with Crippen LogP contribution in [0.1, 0.15) is 134 Å². The summed E-state index contributed by atoms with van der Waals surface area (Å²) in [6.45, 7) is 10.5. The van der Waals surface area contributed by atoms with E-state index in [1.54, 1.807) is 11.3 Å². The second kappa shape index (κ2) is 21.5. The third kappa shape index (κ3) is 15.2. The number of anilines is 1. The Morgan fingerprint density at radius 3 is 1.91 bits per heavy atom. The lowest BCUT2D eigenvalue weighted by Gasteiger charge is -2.23. The van der Waals surface area contributed by atoms with Crippen molar-refractivity contribution in [1.29, 1.82) is 0 Å². The second-order valence-corrected chi connectivity index (χ2v) is 13.9. The standard InChI is InChI=1S/C38H56N2O2S.BrH/c1-5-6-7-8-9-10-11-12-13-14-15-16-17-18-26-42-36-28-33(21-24-35(36)38(2,3)4)29-37(41)39-34-22-19-32(20-23-34)30-40-25-27-43-31-40;/h19-25,27-28,31H,5-18,26,29-30H2,1-4H3;1H. The predicted octanol–water partition coefficient (Wildman–Crippen LogP) is 7.43. The van der Waals surface area contributed by atoms with Gasteiger partial charge in [-0.25, -0.2) is 0 Å². The van der Waals surface area contributed by atoms with E-state index in [0.717, 1.165) is 36.6 Å². The zero-order valence-electron chi connectivity index (χ0n) is 27.8. The fourth-order valence-corrected chi connectivity index (χ4v) is 6.14. The lowest BCUT2D eigenvalue weighted by Crippen LogP contribution is -3.00. The molecule has 0 aliphatic rings. The molecular weight excluding hydrogens is 628 g/mol. The molecule has 0 saturated heterocycles. The number of unbranched alkanes of at least 4 members (excludes halogenated alkanes) is 13. The molecule has 0 bridgehead atoms. The molecule has 1 aromatic heterocycles. The number of halogens is 1. The minimum absolute atomic E-state index is 0. The number of hydrogen-bond donors (Lipinski definition) is 1. The van der Waals surface area contributed by atoms with Crippen molar-refractivity contribution in [2.45, 2.75) is 136 Å². The maximum absolute atomic E-state index is 12.9. The fourth-order valence-electron chi connectivity index (χ4n) is 5.54. The Labute approximate surface area is 282 Å². The van der Waals surface area contributed by atoms with Gasteiger partial charge in [-0.3, -0.25) is 4.79 Å². The van der Waals surface area contributed by atoms with E-state index < -0.39 is 0 Å². The van der Waals surface area contributed by atoms with Crippen molar-refractivity contribution < 1.29 is 31.1 Å². The molecule has 1 heterocycles. The Balaban J connectivity index is 0.00000675. The smallest absolute Gasteiger partial charge is 0.228 e. The molecule has 3 rings (SSSR count). The van der Waals surface area contributed by atoms with E-state index in [9.17, 15) is 4.79 Å². The van der Waals surface area contributed by atoms with Gasteiger partial charge in [0.1, 0.15) is 5.75 Å². The number of ether oxygens (including phenoxy) is 1. The van der Waals surface area contributed by atoms with Crippen molar-refractivity contribution >= 4 is 22.9 Å². The first-order valence-electron chi connectivity index (χ1n) is 16.9. The maximum Gasteiger partial charge on any atom is 0.228 e. The third-order valence-corrected chi connectivity index (χ3v) is 8.78. The van der Waals surface area contributed by atoms with Crippen molar-refractivity contribution in [1.82, 2.24) is 0 Å². The molecule has 0 spiro atoms. The largest absolute Gasteiger partial charge is 1.00 e. The van der Waals surface area contributed by atoms with E-state index in [0.29, 0.717) is 6.42 Å². The highest BCUT2D eigenvalue weighted by Crippen LogP contribution is 2.32. The van der Waals surface area contributed by atoms with Crippen LogP contribution in [0.4, 0.5) is 5.69 Å². The summed E-state index contributed by atoms with van der Waals surface area (Å²) < 4.78 is 8.49. The van der Waals surface area contributed by atoms with Gasteiger partial charge >= 0.3 is 0 Å². The van der Waals surface area contributed by atoms with Crippen molar-refractivity contribution in [3.63, 3.8) is 0 Å². The average Bonchev–Trinajstić information content (AvgIpc) is 3.49. The van der Waals surface area contributed by atoms with Crippen LogP contribution >= 0.6 is 11.3 Å². The highest BCUT2D eigenvalue weighted by atomic mass is 79.9. The summed E-state index contributed by atoms with van der Waals surface area (Å²) in [7, 11) is 0. The molecule has 0 radical (unpaired) electrons. The van der Waals surface area contributed by atoms with Crippen molar-refractivity contribution in [3.8, 4) is 5.75 Å². The van der Waals surface area contributed by atoms with Gasteiger partial charge in [-0.2, -0.15) is 4.57 Å². The average molecular weight is 686 g/mol. The lowest BCUT2D eigenvalue weighted by atomic mass is 9.85. The minimum Gasteiger partial charge on any atom is -1.00 e. The zero-order chi connectivity index (χ0) is 30.8. The van der Waals surface area contributed by atoms with Gasteiger partial charge in [0.25, 0.3) is 0 Å². The Kier molecular flexibility index (Phi) is 18.6. The van der Waals surface area contributed by atoms with E-state index in [2.05, 4.69) is 85.0 Å². The van der Waals surface area contributed by atoms with Crippen molar-refractivity contribution in [3.05, 3.63) is 76.2 Å². The van der Waals surface area contributed by atoms with Crippen LogP contribution in [0.5, 0.6) is 5.75 Å². The van der Waals surface area contributed by atoms with E-state index in [1.165, 1.54) is 94.6 Å². The van der Waals surface area contributed by atoms with Crippen LogP contribution < -0.4 is 31.6 Å². The normalized spacial score (nSPS) is 11.3. The highest BCUT2D eigenvalue weighted by molar-refractivity contribution is 7.07. The van der Waals surface area contributed by atoms with Crippen LogP contribution in [-0.2, 0) is 23.2 Å². The van der Waals surface area contributed by atoms with E-state index in [4.69, 9.17) is 4.74 Å². The summed E-state index contributed by atoms with van der Waals surface area (Å²) in [6, 6.07) is 14.4. The first-order chi connectivity index (χ1) is 20.8. The third-order valence-electron chi connectivity index (χ3n) is 8.10. The summed E-state index contributed by atoms with van der Waals surface area (Å²) in [6.07, 6.45) is 21.3. The summed E-state index contributed by atoms with van der Waals surface area (Å²) in [5.74, 6) is 0.907. The van der Waals surface area contributed by atoms with Crippen LogP contribution in [0.2, 0.25) is 0 Å². The predicted molar refractivity (Wildman–Crippen MR) is 183 cm³/mol. The molecule has 0 aliphatic heterocycles. The van der Waals surface area contributed by atoms with E-state index in [1.807, 2.05) is 12.1 Å².